The van der Waals surface area contributed by atoms with Gasteiger partial charge in [0.25, 0.3) is 0 Å². The van der Waals surface area contributed by atoms with Gasteiger partial charge < -0.3 is 9.88 Å². The van der Waals surface area contributed by atoms with Gasteiger partial charge in [0, 0.05) is 24.9 Å². The zero-order valence-corrected chi connectivity index (χ0v) is 10.3. The number of aromatic nitrogens is 2. The molecule has 88 valence electrons. The zero-order valence-electron chi connectivity index (χ0n) is 10.3. The topological polar surface area (TPSA) is 53.6 Å². The van der Waals surface area contributed by atoms with E-state index in [-0.39, 0.29) is 6.04 Å². The number of imidazole rings is 1. The van der Waals surface area contributed by atoms with Crippen molar-refractivity contribution < 1.29 is 0 Å². The van der Waals surface area contributed by atoms with Crippen LogP contribution in [0.25, 0.3) is 0 Å². The van der Waals surface area contributed by atoms with Gasteiger partial charge in [0.2, 0.25) is 0 Å². The Morgan fingerprint density at radius 1 is 1.56 bits per heavy atom. The molecule has 1 aromatic heterocycles. The molecule has 0 aromatic carbocycles. The first kappa shape index (κ1) is 12.7. The molecule has 0 aliphatic carbocycles. The zero-order chi connectivity index (χ0) is 12.0. The monoisotopic (exact) mass is 220 g/mol. The lowest BCUT2D eigenvalue weighted by molar-refractivity contribution is 0.512. The highest BCUT2D eigenvalue weighted by Gasteiger charge is 2.09. The van der Waals surface area contributed by atoms with E-state index in [1.54, 1.807) is 0 Å². The Labute approximate surface area is 97.3 Å². The lowest BCUT2D eigenvalue weighted by Crippen LogP contribution is -2.28. The van der Waals surface area contributed by atoms with Gasteiger partial charge in [-0.1, -0.05) is 20.8 Å². The van der Waals surface area contributed by atoms with Crippen molar-refractivity contribution in [1.29, 1.82) is 5.26 Å². The van der Waals surface area contributed by atoms with Crippen LogP contribution < -0.4 is 5.32 Å². The van der Waals surface area contributed by atoms with Crippen LogP contribution in [0.3, 0.4) is 0 Å². The van der Waals surface area contributed by atoms with E-state index in [0.29, 0.717) is 5.92 Å². The fraction of sp³-hybridized carbons (Fsp3) is 0.667. The molecule has 1 N–H and O–H groups in total. The predicted octanol–water partition coefficient (Wildman–Crippen LogP) is 1.90. The molecule has 0 spiro atoms. The molecular formula is C12H20N4. The van der Waals surface area contributed by atoms with E-state index < -0.39 is 0 Å². The van der Waals surface area contributed by atoms with Gasteiger partial charge in [-0.25, -0.2) is 4.98 Å². The Bertz CT molecular complexity index is 348. The van der Waals surface area contributed by atoms with E-state index in [0.717, 1.165) is 25.3 Å². The van der Waals surface area contributed by atoms with Crippen LogP contribution in [0, 0.1) is 11.3 Å². The second kappa shape index (κ2) is 6.29. The summed E-state index contributed by atoms with van der Waals surface area (Å²) in [6.07, 6.45) is 4.63. The van der Waals surface area contributed by atoms with Gasteiger partial charge in [0.05, 0.1) is 12.1 Å². The summed E-state index contributed by atoms with van der Waals surface area (Å²) in [5.74, 6) is 1.52. The third-order valence-electron chi connectivity index (χ3n) is 2.53. The van der Waals surface area contributed by atoms with Crippen molar-refractivity contribution in [3.8, 4) is 6.07 Å². The number of nitrogens with zero attached hydrogens (tertiary/aromatic N) is 3. The number of hydrogen-bond donors (Lipinski definition) is 1. The summed E-state index contributed by atoms with van der Waals surface area (Å²) in [6.45, 7) is 7.95. The van der Waals surface area contributed by atoms with Crippen LogP contribution in [0.1, 0.15) is 38.9 Å². The molecule has 4 nitrogen and oxygen atoms in total. The lowest BCUT2D eigenvalue weighted by Gasteiger charge is -2.13. The van der Waals surface area contributed by atoms with Gasteiger partial charge in [-0.15, -0.1) is 0 Å². The summed E-state index contributed by atoms with van der Waals surface area (Å²) in [7, 11) is 0. The minimum Gasteiger partial charge on any atom is -0.335 e. The van der Waals surface area contributed by atoms with Gasteiger partial charge in [-0.3, -0.25) is 0 Å². The molecule has 1 aromatic rings. The molecule has 0 radical (unpaired) electrons. The first-order valence-corrected chi connectivity index (χ1v) is 5.83. The lowest BCUT2D eigenvalue weighted by atomic mass is 10.2. The molecule has 0 saturated heterocycles. The third kappa shape index (κ3) is 3.35. The molecule has 1 rings (SSSR count). The molecular weight excluding hydrogens is 200 g/mol. The highest BCUT2D eigenvalue weighted by atomic mass is 15.1. The number of hydrogen-bond acceptors (Lipinski definition) is 3. The van der Waals surface area contributed by atoms with E-state index in [1.165, 1.54) is 0 Å². The van der Waals surface area contributed by atoms with Crippen LogP contribution in [0.5, 0.6) is 0 Å². The fourth-order valence-corrected chi connectivity index (χ4v) is 1.74. The van der Waals surface area contributed by atoms with Crippen molar-refractivity contribution in [2.45, 2.75) is 45.7 Å². The van der Waals surface area contributed by atoms with Gasteiger partial charge >= 0.3 is 0 Å². The smallest absolute Gasteiger partial charge is 0.111 e. The number of nitriles is 1. The Morgan fingerprint density at radius 3 is 2.88 bits per heavy atom. The van der Waals surface area contributed by atoms with Gasteiger partial charge in [-0.05, 0) is 13.0 Å². The third-order valence-corrected chi connectivity index (χ3v) is 2.53. The first-order chi connectivity index (χ1) is 7.69. The molecule has 0 fully saturated rings. The van der Waals surface area contributed by atoms with Crippen LogP contribution in [-0.4, -0.2) is 22.1 Å². The van der Waals surface area contributed by atoms with Crippen molar-refractivity contribution in [2.75, 3.05) is 6.54 Å². The SMILES string of the molecule is CCNC(C#N)CCn1ccnc1C(C)C. The average Bonchev–Trinajstić information content (AvgIpc) is 2.72. The predicted molar refractivity (Wildman–Crippen MR) is 64.0 cm³/mol. The minimum absolute atomic E-state index is 0.0626. The Balaban J connectivity index is 2.54. The summed E-state index contributed by atoms with van der Waals surface area (Å²) >= 11 is 0. The maximum absolute atomic E-state index is 8.93. The summed E-state index contributed by atoms with van der Waals surface area (Å²) in [5, 5.41) is 12.1. The van der Waals surface area contributed by atoms with Gasteiger partial charge in [0.15, 0.2) is 0 Å². The van der Waals surface area contributed by atoms with Crippen LogP contribution in [0.2, 0.25) is 0 Å². The van der Waals surface area contributed by atoms with E-state index in [1.807, 2.05) is 19.3 Å². The van der Waals surface area contributed by atoms with E-state index >= 15 is 0 Å². The number of aryl methyl sites for hydroxylation is 1. The molecule has 16 heavy (non-hydrogen) atoms. The molecule has 1 atom stereocenters. The van der Waals surface area contributed by atoms with E-state index in [9.17, 15) is 0 Å². The van der Waals surface area contributed by atoms with E-state index in [4.69, 9.17) is 5.26 Å². The van der Waals surface area contributed by atoms with E-state index in [2.05, 4.69) is 34.8 Å². The summed E-state index contributed by atoms with van der Waals surface area (Å²) in [4.78, 5) is 4.33. The highest BCUT2D eigenvalue weighted by Crippen LogP contribution is 2.12. The number of rotatable bonds is 6. The molecule has 0 aliphatic rings. The van der Waals surface area contributed by atoms with Crippen molar-refractivity contribution in [1.82, 2.24) is 14.9 Å². The Hall–Kier alpha value is -1.34. The van der Waals surface area contributed by atoms with Crippen molar-refractivity contribution >= 4 is 0 Å². The maximum atomic E-state index is 8.93. The molecule has 0 bridgehead atoms. The fourth-order valence-electron chi connectivity index (χ4n) is 1.74. The summed E-state index contributed by atoms with van der Waals surface area (Å²) in [6, 6.07) is 2.21. The normalized spacial score (nSPS) is 12.7. The van der Waals surface area contributed by atoms with Gasteiger partial charge in [-0.2, -0.15) is 5.26 Å². The summed E-state index contributed by atoms with van der Waals surface area (Å²) < 4.78 is 2.13. The quantitative estimate of drug-likeness (QED) is 0.796. The highest BCUT2D eigenvalue weighted by molar-refractivity contribution is 4.98. The maximum Gasteiger partial charge on any atom is 0.111 e. The second-order valence-corrected chi connectivity index (χ2v) is 4.16. The Kier molecular flexibility index (Phi) is 5.00. The molecule has 4 heteroatoms. The number of nitrogens with one attached hydrogen (secondary N) is 1. The average molecular weight is 220 g/mol. The minimum atomic E-state index is -0.0626. The molecule has 1 unspecified atom stereocenters. The van der Waals surface area contributed by atoms with Crippen LogP contribution >= 0.6 is 0 Å². The first-order valence-electron chi connectivity index (χ1n) is 5.83. The molecule has 0 saturated carbocycles. The molecule has 0 amide bonds. The van der Waals surface area contributed by atoms with Crippen molar-refractivity contribution in [3.63, 3.8) is 0 Å². The molecule has 0 aliphatic heterocycles. The largest absolute Gasteiger partial charge is 0.335 e. The van der Waals surface area contributed by atoms with Gasteiger partial charge in [0.1, 0.15) is 5.82 Å². The van der Waals surface area contributed by atoms with Crippen molar-refractivity contribution in [2.24, 2.45) is 0 Å². The van der Waals surface area contributed by atoms with Crippen molar-refractivity contribution in [3.05, 3.63) is 18.2 Å². The standard InChI is InChI=1S/C12H20N4/c1-4-14-11(9-13)5-7-16-8-6-15-12(16)10(2)3/h6,8,10-11,14H,4-5,7H2,1-3H3. The van der Waals surface area contributed by atoms with Crippen LogP contribution in [-0.2, 0) is 6.54 Å². The summed E-state index contributed by atoms with van der Waals surface area (Å²) in [5.41, 5.74) is 0. The van der Waals surface area contributed by atoms with Crippen LogP contribution in [0.15, 0.2) is 12.4 Å². The molecule has 1 heterocycles. The van der Waals surface area contributed by atoms with Crippen LogP contribution in [0.4, 0.5) is 0 Å². The second-order valence-electron chi connectivity index (χ2n) is 4.16. The Morgan fingerprint density at radius 2 is 2.31 bits per heavy atom.